The number of aliphatic carboxylic acids is 2. The Morgan fingerprint density at radius 3 is 1.71 bits per heavy atom. The standard InChI is InChI=1S/C91H122N22O24S/c1-7-9-19-68-84(130)103-61(39-76(120)121)83(129)107-66(79(125)98-42-74(95)118)46-138-47-75(119)99-62(32-49-23-25-53(114)26-24-49)87(133)108(4)48(3)78(124)104-64(37-72(93)116)89(135)112-31-15-22-69(112)85(131)101-59(33-50-28-30-96-40-50)81(127)106-65(38-73(94)117)90(136)113-44-54(115)36-71(113)86(132)102-60(34-51-41-97-57-18-13-11-16-55(51)57)82(128)100-58(27-29-92)80(126)105-63(88(134)110(6)70(20-10-8-2)91(137)109(68)5)35-52-43-111(45-77(122)123)67-21-14-12-17-56(52)67/h11-14,16-18,21,23-26,30,40-41,43,48,54,58-66,68-71,97,114-115H,7-10,15,19-20,22,27-29,31-39,42,44-47,92H2,1-6H3,(H2,93,116)(H2,94,117)(H2,95,118)(H,98,125)(H,99,119)(H,100,128)(H,101,131)(H,102,132)(H,103,130)(H,104,124)(H,105,126)(H,106,127)(H,107,129)(H,120,121)(H,122,123)/t48-,54+,58-,59-,60-,61-,62-,63-,64-,65-,66-,68-,69-,70-,71-/m0/s1. The Morgan fingerprint density at radius 2 is 1.09 bits per heavy atom. The van der Waals surface area contributed by atoms with Crippen molar-refractivity contribution in [2.45, 2.75) is 234 Å². The Labute approximate surface area is 797 Å². The summed E-state index contributed by atoms with van der Waals surface area (Å²) in [6, 6.07) is -5.06. The van der Waals surface area contributed by atoms with Gasteiger partial charge in [0.2, 0.25) is 106 Å². The second-order valence-corrected chi connectivity index (χ2v) is 35.6. The Morgan fingerprint density at radius 1 is 0.536 bits per heavy atom. The van der Waals surface area contributed by atoms with Crippen molar-refractivity contribution in [3.05, 3.63) is 114 Å². The highest BCUT2D eigenvalue weighted by molar-refractivity contribution is 8.00. The second kappa shape index (κ2) is 50.4. The Bertz CT molecular complexity index is 5430. The van der Waals surface area contributed by atoms with Gasteiger partial charge in [-0.1, -0.05) is 88.1 Å². The minimum Gasteiger partial charge on any atom is -0.508 e. The fraction of sp³-hybridized carbons (Fsp3) is 0.505. The lowest BCUT2D eigenvalue weighted by Gasteiger charge is -2.36. The van der Waals surface area contributed by atoms with Gasteiger partial charge >= 0.3 is 11.9 Å². The van der Waals surface area contributed by atoms with Crippen LogP contribution in [0.4, 0.5) is 0 Å². The van der Waals surface area contributed by atoms with Crippen molar-refractivity contribution in [1.29, 1.82) is 0 Å². The molecule has 3 saturated heterocycles. The van der Waals surface area contributed by atoms with Gasteiger partial charge in [0, 0.05) is 119 Å². The summed E-state index contributed by atoms with van der Waals surface area (Å²) in [6.07, 6.45) is 0.267. The summed E-state index contributed by atoms with van der Waals surface area (Å²) in [4.78, 5) is 300. The molecule has 3 fully saturated rings. The lowest BCUT2D eigenvalue weighted by atomic mass is 9.99. The number of nitrogens with zero attached hydrogens (tertiary/aromatic N) is 7. The van der Waals surface area contributed by atoms with Crippen molar-refractivity contribution in [1.82, 2.24) is 87.2 Å². The highest BCUT2D eigenvalue weighted by atomic mass is 32.2. The Balaban J connectivity index is 1.12. The number of aromatic amines is 1. The van der Waals surface area contributed by atoms with Crippen LogP contribution in [0.1, 0.15) is 134 Å². The van der Waals surface area contributed by atoms with Gasteiger partial charge in [-0.25, -0.2) is 0 Å². The zero-order valence-corrected chi connectivity index (χ0v) is 78.2. The van der Waals surface area contributed by atoms with E-state index in [1.54, 1.807) is 68.6 Å². The van der Waals surface area contributed by atoms with Gasteiger partial charge in [0.15, 0.2) is 0 Å². The zero-order chi connectivity index (χ0) is 101. The van der Waals surface area contributed by atoms with Gasteiger partial charge in [0.05, 0.1) is 37.7 Å². The van der Waals surface area contributed by atoms with E-state index in [2.05, 4.69) is 63.1 Å². The Kier molecular flexibility index (Phi) is 39.2. The molecule has 3 aromatic carbocycles. The topological polar surface area (TPSA) is 696 Å². The van der Waals surface area contributed by atoms with E-state index < -0.39 is 272 Å². The van der Waals surface area contributed by atoms with Gasteiger partial charge in [-0.3, -0.25) is 101 Å². The third-order valence-electron chi connectivity index (χ3n) is 24.4. The van der Waals surface area contributed by atoms with Crippen LogP contribution in [0.15, 0.2) is 102 Å². The minimum atomic E-state index is -2.06. The first-order chi connectivity index (χ1) is 65.6. The molecule has 0 radical (unpaired) electrons. The number of aliphatic hydroxyl groups is 1. The van der Waals surface area contributed by atoms with Crippen LogP contribution in [0.2, 0.25) is 0 Å². The first kappa shape index (κ1) is 107. The molecule has 23 N–H and O–H groups in total. The van der Waals surface area contributed by atoms with Crippen molar-refractivity contribution in [2.75, 3.05) is 58.8 Å². The number of nitrogens with one attached hydrogen (secondary N) is 11. The number of para-hydroxylation sites is 2. The predicted octanol–water partition coefficient (Wildman–Crippen LogP) is -4.19. The molecule has 746 valence electrons. The zero-order valence-electron chi connectivity index (χ0n) is 77.4. The maximum absolute atomic E-state index is 15.9. The molecule has 0 saturated carbocycles. The van der Waals surface area contributed by atoms with Crippen LogP contribution >= 0.6 is 11.8 Å². The number of aliphatic imine (C=N–C) groups is 1. The SMILES string of the molecule is CCCC[C@H]1C(=O)N(C)[C@@H](CCCC)C(=O)N[C@@H](CC(=O)O)C(=O)N[C@H](C(=O)NCC(N)=O)CSCC(=O)N[C@@H](Cc2ccc(O)cc2)C(=O)N(C)[C@@H](C)C(=O)N[C@@H](CC(N)=O)C(=O)N2CCC[C@H]2C(=O)N[C@@H](CC2=CN=CC2)C(=O)N[C@@H](CC(N)=O)C(=O)N2C[C@H](O)C[C@H]2C(=O)N[C@@H](Cc2c[nH]c3ccccc23)C(=O)N[C@@H](CCN)C(=O)N[C@@H](Cc2cn(CC(=O)O)c3ccccc23)C(=O)N1C. The molecule has 9 rings (SSSR count). The van der Waals surface area contributed by atoms with E-state index in [9.17, 15) is 78.0 Å². The van der Waals surface area contributed by atoms with E-state index in [-0.39, 0.29) is 89.5 Å². The van der Waals surface area contributed by atoms with Crippen molar-refractivity contribution in [2.24, 2.45) is 27.9 Å². The van der Waals surface area contributed by atoms with Crippen molar-refractivity contribution < 1.29 is 116 Å². The molecule has 5 aromatic rings. The number of phenols is 1. The monoisotopic (exact) mass is 1940 g/mol. The normalized spacial score (nSPS) is 24.8. The number of carbonyl (C=O) groups is 20. The average molecular weight is 1940 g/mol. The second-order valence-electron chi connectivity index (χ2n) is 34.6. The van der Waals surface area contributed by atoms with E-state index in [4.69, 9.17) is 22.9 Å². The number of benzene rings is 3. The van der Waals surface area contributed by atoms with Crippen molar-refractivity contribution >= 4 is 158 Å². The highest BCUT2D eigenvalue weighted by Crippen LogP contribution is 2.29. The van der Waals surface area contributed by atoms with Gasteiger partial charge in [-0.2, -0.15) is 0 Å². The van der Waals surface area contributed by atoms with E-state index >= 15 is 38.4 Å². The number of hydrogen-bond donors (Lipinski definition) is 19. The number of fused-ring (bicyclic) bond motifs is 4. The van der Waals surface area contributed by atoms with E-state index in [0.717, 1.165) is 24.5 Å². The third-order valence-corrected chi connectivity index (χ3v) is 25.4. The maximum atomic E-state index is 15.9. The number of primary amides is 3. The van der Waals surface area contributed by atoms with Gasteiger partial charge in [0.25, 0.3) is 0 Å². The van der Waals surface area contributed by atoms with Gasteiger partial charge in [-0.15, -0.1) is 11.8 Å². The van der Waals surface area contributed by atoms with Crippen LogP contribution < -0.4 is 76.1 Å². The van der Waals surface area contributed by atoms with E-state index in [1.807, 2.05) is 0 Å². The van der Waals surface area contributed by atoms with Crippen LogP contribution in [0.3, 0.4) is 0 Å². The molecule has 2 aromatic heterocycles. The Hall–Kier alpha value is -14.4. The van der Waals surface area contributed by atoms with Crippen molar-refractivity contribution in [3.8, 4) is 5.75 Å². The molecule has 0 aliphatic carbocycles. The molecule has 47 heteroatoms. The highest BCUT2D eigenvalue weighted by Gasteiger charge is 2.47. The summed E-state index contributed by atoms with van der Waals surface area (Å²) in [6.45, 7) is 2.26. The summed E-state index contributed by atoms with van der Waals surface area (Å²) in [7, 11) is 3.66. The predicted molar refractivity (Wildman–Crippen MR) is 499 cm³/mol. The van der Waals surface area contributed by atoms with Crippen LogP contribution in [-0.2, 0) is 122 Å². The fourth-order valence-corrected chi connectivity index (χ4v) is 17.8. The number of carbonyl (C=O) groups excluding carboxylic acids is 18. The number of aromatic nitrogens is 2. The van der Waals surface area contributed by atoms with Crippen LogP contribution in [0.5, 0.6) is 5.75 Å². The third kappa shape index (κ3) is 29.3. The largest absolute Gasteiger partial charge is 0.508 e. The molecule has 4 aliphatic heterocycles. The quantitative estimate of drug-likeness (QED) is 0.0237. The number of aromatic hydroxyl groups is 1. The van der Waals surface area contributed by atoms with E-state index in [0.29, 0.717) is 68.7 Å². The molecule has 46 nitrogen and oxygen atoms in total. The number of rotatable bonds is 27. The number of H-pyrrole nitrogens is 1. The summed E-state index contributed by atoms with van der Waals surface area (Å²) in [5.74, 6) is -23.5. The average Bonchev–Trinajstić information content (AvgIpc) is 1.65. The molecule has 6 heterocycles. The number of likely N-dealkylation sites (N-methyl/N-ethyl adjacent to an activating group) is 3. The molecular weight excluding hydrogens is 1820 g/mol. The summed E-state index contributed by atoms with van der Waals surface area (Å²) in [5.41, 5.74) is 25.6. The van der Waals surface area contributed by atoms with Crippen molar-refractivity contribution in [3.63, 3.8) is 0 Å². The van der Waals surface area contributed by atoms with Crippen LogP contribution in [-0.4, -0.2) is 328 Å². The number of unbranched alkanes of at least 4 members (excludes halogenated alkanes) is 2. The number of aliphatic hydroxyl groups excluding tert-OH is 1. The van der Waals surface area contributed by atoms with E-state index in [1.165, 1.54) is 75.5 Å². The number of hydrogen-bond acceptors (Lipinski definition) is 25. The number of carboxylic acid groups (broad SMARTS) is 2. The molecule has 0 unspecified atom stereocenters. The molecule has 15 atom stereocenters. The molecule has 138 heavy (non-hydrogen) atoms. The summed E-state index contributed by atoms with van der Waals surface area (Å²) in [5, 5.41) is 68.4. The smallest absolute Gasteiger partial charge is 0.323 e. The molecule has 0 spiro atoms. The first-order valence-corrected chi connectivity index (χ1v) is 46.5. The summed E-state index contributed by atoms with van der Waals surface area (Å²) >= 11 is 0.659. The molecule has 0 bridgehead atoms. The first-order valence-electron chi connectivity index (χ1n) is 45.3. The maximum Gasteiger partial charge on any atom is 0.323 e. The molecule has 18 amide bonds. The number of nitrogens with two attached hydrogens (primary N) is 4. The minimum absolute atomic E-state index is 0.0804. The molecule has 4 aliphatic rings. The lowest BCUT2D eigenvalue weighted by Crippen LogP contribution is -2.61. The lowest BCUT2D eigenvalue weighted by molar-refractivity contribution is -0.149. The number of carboxylic acids is 2. The summed E-state index contributed by atoms with van der Waals surface area (Å²) < 4.78 is 1.39. The number of phenolic OH excluding ortho intramolecular Hbond substituents is 1. The fourth-order valence-electron chi connectivity index (χ4n) is 16.9. The van der Waals surface area contributed by atoms with Gasteiger partial charge < -0.3 is 131 Å². The molecular formula is C91H122N22O24S. The van der Waals surface area contributed by atoms with Crippen LogP contribution in [0, 0.1) is 0 Å². The van der Waals surface area contributed by atoms with Gasteiger partial charge in [0.1, 0.15) is 96.9 Å². The van der Waals surface area contributed by atoms with Gasteiger partial charge in [-0.05, 0) is 98.5 Å². The van der Waals surface area contributed by atoms with Crippen LogP contribution in [0.25, 0.3) is 21.8 Å². The number of amides is 18. The number of thioether (sulfide) groups is 1.